The summed E-state index contributed by atoms with van der Waals surface area (Å²) >= 11 is 0. The molecule has 1 aliphatic rings. The van der Waals surface area contributed by atoms with Crippen LogP contribution in [0.4, 0.5) is 17.1 Å². The van der Waals surface area contributed by atoms with Crippen LogP contribution in [0, 0.1) is 20.2 Å². The van der Waals surface area contributed by atoms with Gasteiger partial charge in [-0.2, -0.15) is 5.10 Å². The van der Waals surface area contributed by atoms with E-state index in [1.165, 1.54) is 12.1 Å². The van der Waals surface area contributed by atoms with Gasteiger partial charge in [0.25, 0.3) is 5.69 Å². The van der Waals surface area contributed by atoms with Crippen molar-refractivity contribution in [1.29, 1.82) is 0 Å². The lowest BCUT2D eigenvalue weighted by Gasteiger charge is -2.09. The Morgan fingerprint density at radius 2 is 1.78 bits per heavy atom. The van der Waals surface area contributed by atoms with Crippen molar-refractivity contribution in [3.8, 4) is 11.5 Å². The van der Waals surface area contributed by atoms with E-state index < -0.39 is 15.5 Å². The highest BCUT2D eigenvalue weighted by Crippen LogP contribution is 2.31. The van der Waals surface area contributed by atoms with Crippen molar-refractivity contribution in [3.05, 3.63) is 62.2 Å². The number of nitro groups is 2. The van der Waals surface area contributed by atoms with Crippen LogP contribution in [0.2, 0.25) is 0 Å². The highest BCUT2D eigenvalue weighted by Gasteiger charge is 2.19. The second kappa shape index (κ2) is 7.68. The van der Waals surface area contributed by atoms with Gasteiger partial charge in [-0.25, -0.2) is 0 Å². The molecule has 1 heterocycles. The summed E-state index contributed by atoms with van der Waals surface area (Å²) < 4.78 is 11.2. The number of fused-ring (bicyclic) bond motifs is 1. The Balaban J connectivity index is 1.84. The number of hydrogen-bond donors (Lipinski definition) is 1. The summed E-state index contributed by atoms with van der Waals surface area (Å²) in [4.78, 5) is 20.6. The van der Waals surface area contributed by atoms with Crippen LogP contribution in [-0.2, 0) is 0 Å². The molecule has 0 spiro atoms. The van der Waals surface area contributed by atoms with Gasteiger partial charge in [-0.05, 0) is 31.2 Å². The van der Waals surface area contributed by atoms with Crippen LogP contribution in [0.15, 0.2) is 41.5 Å². The molecule has 0 radical (unpaired) electrons. The van der Waals surface area contributed by atoms with Crippen LogP contribution >= 0.6 is 0 Å². The lowest BCUT2D eigenvalue weighted by molar-refractivity contribution is -0.393. The smallest absolute Gasteiger partial charge is 0.301 e. The number of nitro benzene ring substituents is 2. The van der Waals surface area contributed by atoms with Gasteiger partial charge in [0.1, 0.15) is 5.69 Å². The summed E-state index contributed by atoms with van der Waals surface area (Å²) in [6, 6.07) is 8.68. The first-order valence-electron chi connectivity index (χ1n) is 8.09. The van der Waals surface area contributed by atoms with E-state index in [1.807, 2.05) is 0 Å². The second-order valence-electron chi connectivity index (χ2n) is 5.74. The fourth-order valence-electron chi connectivity index (χ4n) is 2.48. The van der Waals surface area contributed by atoms with Crippen LogP contribution in [0.3, 0.4) is 0 Å². The average molecular weight is 372 g/mol. The Bertz CT molecular complexity index is 928. The minimum atomic E-state index is -0.701. The van der Waals surface area contributed by atoms with E-state index in [9.17, 15) is 20.2 Å². The van der Waals surface area contributed by atoms with Gasteiger partial charge in [0.15, 0.2) is 11.5 Å². The molecule has 0 aliphatic carbocycles. The minimum absolute atomic E-state index is 0.0549. The van der Waals surface area contributed by atoms with Crippen molar-refractivity contribution in [1.82, 2.24) is 0 Å². The number of non-ortho nitro benzene ring substituents is 1. The monoisotopic (exact) mass is 372 g/mol. The van der Waals surface area contributed by atoms with Crippen molar-refractivity contribution in [2.24, 2.45) is 5.10 Å². The molecule has 2 aromatic carbocycles. The number of hydrazone groups is 1. The third-order valence-corrected chi connectivity index (χ3v) is 3.90. The van der Waals surface area contributed by atoms with E-state index in [-0.39, 0.29) is 11.4 Å². The molecular weight excluding hydrogens is 356 g/mol. The minimum Gasteiger partial charge on any atom is -0.490 e. The third-order valence-electron chi connectivity index (χ3n) is 3.90. The Hall–Kier alpha value is -3.69. The highest BCUT2D eigenvalue weighted by molar-refractivity contribution is 5.99. The molecule has 0 unspecified atom stereocenters. The van der Waals surface area contributed by atoms with Gasteiger partial charge >= 0.3 is 5.69 Å². The van der Waals surface area contributed by atoms with Gasteiger partial charge in [-0.15, -0.1) is 0 Å². The second-order valence-corrected chi connectivity index (χ2v) is 5.74. The lowest BCUT2D eigenvalue weighted by Crippen LogP contribution is -2.03. The maximum atomic E-state index is 11.2. The molecule has 0 aromatic heterocycles. The normalized spacial score (nSPS) is 13.6. The molecule has 0 saturated heterocycles. The lowest BCUT2D eigenvalue weighted by atomic mass is 10.1. The van der Waals surface area contributed by atoms with Gasteiger partial charge in [0.2, 0.25) is 0 Å². The fraction of sp³-hybridized carbons (Fsp3) is 0.235. The van der Waals surface area contributed by atoms with E-state index in [0.29, 0.717) is 30.4 Å². The topological polar surface area (TPSA) is 129 Å². The zero-order valence-corrected chi connectivity index (χ0v) is 14.4. The summed E-state index contributed by atoms with van der Waals surface area (Å²) in [5.74, 6) is 1.27. The zero-order valence-electron chi connectivity index (χ0n) is 14.4. The van der Waals surface area contributed by atoms with Crippen molar-refractivity contribution in [2.45, 2.75) is 13.3 Å². The van der Waals surface area contributed by atoms with Gasteiger partial charge in [0.05, 0.1) is 34.8 Å². The summed E-state index contributed by atoms with van der Waals surface area (Å²) in [6.45, 7) is 2.87. The predicted octanol–water partition coefficient (Wildman–Crippen LogP) is 3.50. The van der Waals surface area contributed by atoms with Crippen LogP contribution in [0.5, 0.6) is 11.5 Å². The summed E-state index contributed by atoms with van der Waals surface area (Å²) in [6.07, 6.45) is 0.794. The predicted molar refractivity (Wildman–Crippen MR) is 97.6 cm³/mol. The first-order valence-corrected chi connectivity index (χ1v) is 8.09. The van der Waals surface area contributed by atoms with Crippen molar-refractivity contribution < 1.29 is 19.3 Å². The summed E-state index contributed by atoms with van der Waals surface area (Å²) in [5.41, 5.74) is 3.16. The van der Waals surface area contributed by atoms with Crippen LogP contribution in [-0.4, -0.2) is 28.8 Å². The maximum absolute atomic E-state index is 11.2. The molecule has 3 rings (SSSR count). The first kappa shape index (κ1) is 18.1. The van der Waals surface area contributed by atoms with Gasteiger partial charge in [0, 0.05) is 18.1 Å². The molecule has 0 fully saturated rings. The first-order chi connectivity index (χ1) is 13.0. The van der Waals surface area contributed by atoms with Gasteiger partial charge < -0.3 is 9.47 Å². The molecule has 0 amide bonds. The Morgan fingerprint density at radius 3 is 2.48 bits per heavy atom. The Morgan fingerprint density at radius 1 is 1.04 bits per heavy atom. The highest BCUT2D eigenvalue weighted by atomic mass is 16.6. The number of hydrogen-bond acceptors (Lipinski definition) is 8. The van der Waals surface area contributed by atoms with E-state index in [4.69, 9.17) is 9.47 Å². The zero-order chi connectivity index (χ0) is 19.4. The maximum Gasteiger partial charge on any atom is 0.301 e. The SMILES string of the molecule is C/C(=N/Nc1ccc([N+](=O)[O-])cc1[N+](=O)[O-])c1ccc2c(c1)OCCCO2. The molecule has 0 bridgehead atoms. The van der Waals surface area contributed by atoms with Crippen molar-refractivity contribution >= 4 is 22.8 Å². The van der Waals surface area contributed by atoms with E-state index in [0.717, 1.165) is 18.1 Å². The standard InChI is InChI=1S/C17H16N4O6/c1-11(12-3-6-16-17(9-12)27-8-2-7-26-16)18-19-14-5-4-13(20(22)23)10-15(14)21(24)25/h3-6,9-10,19H,2,7-8H2,1H3/b18-11-. The van der Waals surface area contributed by atoms with Crippen LogP contribution in [0.25, 0.3) is 0 Å². The molecule has 27 heavy (non-hydrogen) atoms. The molecule has 10 heteroatoms. The van der Waals surface area contributed by atoms with E-state index >= 15 is 0 Å². The molecule has 0 atom stereocenters. The number of nitrogens with zero attached hydrogens (tertiary/aromatic N) is 3. The van der Waals surface area contributed by atoms with Crippen molar-refractivity contribution in [3.63, 3.8) is 0 Å². The molecule has 2 aromatic rings. The number of benzene rings is 2. The van der Waals surface area contributed by atoms with Gasteiger partial charge in [-0.3, -0.25) is 25.7 Å². The molecule has 10 nitrogen and oxygen atoms in total. The molecule has 140 valence electrons. The van der Waals surface area contributed by atoms with E-state index in [2.05, 4.69) is 10.5 Å². The molecule has 1 N–H and O–H groups in total. The summed E-state index contributed by atoms with van der Waals surface area (Å²) in [5, 5.41) is 26.1. The number of anilines is 1. The summed E-state index contributed by atoms with van der Waals surface area (Å²) in [7, 11) is 0. The fourth-order valence-corrected chi connectivity index (χ4v) is 2.48. The van der Waals surface area contributed by atoms with E-state index in [1.54, 1.807) is 25.1 Å². The Kier molecular flexibility index (Phi) is 5.15. The molecule has 0 saturated carbocycles. The van der Waals surface area contributed by atoms with Gasteiger partial charge in [-0.1, -0.05) is 0 Å². The number of nitrogens with one attached hydrogen (secondary N) is 1. The Labute approximate surface area is 153 Å². The molecular formula is C17H16N4O6. The van der Waals surface area contributed by atoms with Crippen LogP contribution < -0.4 is 14.9 Å². The number of ether oxygens (including phenoxy) is 2. The van der Waals surface area contributed by atoms with Crippen molar-refractivity contribution in [2.75, 3.05) is 18.6 Å². The third kappa shape index (κ3) is 4.11. The average Bonchev–Trinajstić information content (AvgIpc) is 2.90. The quantitative estimate of drug-likeness (QED) is 0.483. The van der Waals surface area contributed by atoms with Crippen LogP contribution in [0.1, 0.15) is 18.9 Å². The number of rotatable bonds is 5. The largest absolute Gasteiger partial charge is 0.490 e. The molecule has 1 aliphatic heterocycles.